The molecule has 1 fully saturated rings. The van der Waals surface area contributed by atoms with Crippen LogP contribution in [0.5, 0.6) is 0 Å². The lowest BCUT2D eigenvalue weighted by atomic mass is 9.99. The van der Waals surface area contributed by atoms with E-state index in [1.54, 1.807) is 11.3 Å². The summed E-state index contributed by atoms with van der Waals surface area (Å²) >= 11 is 3.10. The molecule has 0 radical (unpaired) electrons. The smallest absolute Gasteiger partial charge is 0.233 e. The molecule has 1 aliphatic carbocycles. The summed E-state index contributed by atoms with van der Waals surface area (Å²) < 4.78 is 2.05. The number of hydrogen-bond acceptors (Lipinski definition) is 5. The fourth-order valence-electron chi connectivity index (χ4n) is 2.84. The molecule has 1 unspecified atom stereocenters. The molecule has 2 aromatic rings. The van der Waals surface area contributed by atoms with Crippen molar-refractivity contribution >= 4 is 39.2 Å². The van der Waals surface area contributed by atoms with Gasteiger partial charge in [-0.15, -0.1) is 11.3 Å². The minimum atomic E-state index is -0.403. The van der Waals surface area contributed by atoms with Gasteiger partial charge >= 0.3 is 0 Å². The molecule has 3 rings (SSSR count). The van der Waals surface area contributed by atoms with E-state index in [9.17, 15) is 9.90 Å². The number of nitrogens with zero attached hydrogens (tertiary/aromatic N) is 1. The molecule has 6 heteroatoms. The Morgan fingerprint density at radius 1 is 1.45 bits per heavy atom. The van der Waals surface area contributed by atoms with Crippen molar-refractivity contribution in [2.24, 2.45) is 0 Å². The number of aromatic nitrogens is 1. The Bertz CT molecular complexity index is 632. The fourth-order valence-corrected chi connectivity index (χ4v) is 5.05. The minimum Gasteiger partial charge on any atom is -0.394 e. The number of fused-ring (bicyclic) bond motifs is 1. The van der Waals surface area contributed by atoms with Crippen molar-refractivity contribution in [3.8, 4) is 0 Å². The summed E-state index contributed by atoms with van der Waals surface area (Å²) in [6.07, 6.45) is 3.88. The molecule has 22 heavy (non-hydrogen) atoms. The number of amides is 1. The maximum atomic E-state index is 12.4. The van der Waals surface area contributed by atoms with Crippen LogP contribution in [-0.4, -0.2) is 33.4 Å². The van der Waals surface area contributed by atoms with E-state index in [-0.39, 0.29) is 17.8 Å². The number of benzene rings is 1. The summed E-state index contributed by atoms with van der Waals surface area (Å²) in [5.41, 5.74) is 0.574. The monoisotopic (exact) mass is 336 g/mol. The van der Waals surface area contributed by atoms with Gasteiger partial charge in [0.05, 0.1) is 27.6 Å². The van der Waals surface area contributed by atoms with E-state index in [4.69, 9.17) is 0 Å². The highest BCUT2D eigenvalue weighted by molar-refractivity contribution is 8.02. The molecule has 4 nitrogen and oxygen atoms in total. The first-order valence-electron chi connectivity index (χ1n) is 7.57. The molecular weight excluding hydrogens is 316 g/mol. The SMILES string of the molecule is CC(Sc1nc2ccccc2s1)C(=O)NC1(CO)CCCC1. The minimum absolute atomic E-state index is 0.0137. The Labute approximate surface area is 138 Å². The molecule has 1 aromatic carbocycles. The summed E-state index contributed by atoms with van der Waals surface area (Å²) in [6.45, 7) is 1.92. The van der Waals surface area contributed by atoms with E-state index in [1.807, 2.05) is 31.2 Å². The number of rotatable bonds is 5. The quantitative estimate of drug-likeness (QED) is 0.823. The predicted octanol–water partition coefficient (Wildman–Crippen LogP) is 3.20. The topological polar surface area (TPSA) is 62.2 Å². The van der Waals surface area contributed by atoms with Crippen molar-refractivity contribution in [2.75, 3.05) is 6.61 Å². The Kier molecular flexibility index (Phi) is 4.70. The lowest BCUT2D eigenvalue weighted by Crippen LogP contribution is -2.51. The predicted molar refractivity (Wildman–Crippen MR) is 91.4 cm³/mol. The first-order valence-corrected chi connectivity index (χ1v) is 9.27. The summed E-state index contributed by atoms with van der Waals surface area (Å²) in [5.74, 6) is -0.0137. The van der Waals surface area contributed by atoms with Gasteiger partial charge in [-0.2, -0.15) is 0 Å². The summed E-state index contributed by atoms with van der Waals surface area (Å²) in [4.78, 5) is 17.0. The number of para-hydroxylation sites is 1. The Morgan fingerprint density at radius 2 is 2.18 bits per heavy atom. The summed E-state index contributed by atoms with van der Waals surface area (Å²) in [6, 6.07) is 7.99. The lowest BCUT2D eigenvalue weighted by molar-refractivity contribution is -0.122. The molecule has 0 bridgehead atoms. The van der Waals surface area contributed by atoms with Gasteiger partial charge in [-0.3, -0.25) is 4.79 Å². The van der Waals surface area contributed by atoms with Crippen LogP contribution in [0, 0.1) is 0 Å². The third kappa shape index (κ3) is 3.29. The highest BCUT2D eigenvalue weighted by atomic mass is 32.2. The Balaban J connectivity index is 1.65. The van der Waals surface area contributed by atoms with E-state index in [0.29, 0.717) is 0 Å². The molecule has 1 heterocycles. The fraction of sp³-hybridized carbons (Fsp3) is 0.500. The van der Waals surface area contributed by atoms with Crippen LogP contribution < -0.4 is 5.32 Å². The van der Waals surface area contributed by atoms with E-state index in [0.717, 1.165) is 40.2 Å². The van der Waals surface area contributed by atoms with Crippen LogP contribution in [0.1, 0.15) is 32.6 Å². The average molecular weight is 336 g/mol. The normalized spacial score (nSPS) is 18.5. The zero-order chi connectivity index (χ0) is 15.6. The summed E-state index contributed by atoms with van der Waals surface area (Å²) in [7, 11) is 0. The number of carbonyl (C=O) groups excluding carboxylic acids is 1. The van der Waals surface area contributed by atoms with Crippen LogP contribution in [-0.2, 0) is 4.79 Å². The number of aliphatic hydroxyl groups is 1. The molecule has 1 atom stereocenters. The van der Waals surface area contributed by atoms with Crippen LogP contribution in [0.25, 0.3) is 10.2 Å². The zero-order valence-electron chi connectivity index (χ0n) is 12.5. The van der Waals surface area contributed by atoms with Crippen molar-refractivity contribution in [1.82, 2.24) is 10.3 Å². The van der Waals surface area contributed by atoms with Crippen LogP contribution >= 0.6 is 23.1 Å². The van der Waals surface area contributed by atoms with E-state index in [2.05, 4.69) is 10.3 Å². The van der Waals surface area contributed by atoms with Gasteiger partial charge in [0.1, 0.15) is 0 Å². The molecule has 0 saturated heterocycles. The average Bonchev–Trinajstić information content (AvgIpc) is 3.13. The Hall–Kier alpha value is -1.11. The number of hydrogen-bond donors (Lipinski definition) is 2. The van der Waals surface area contributed by atoms with Gasteiger partial charge in [0, 0.05) is 0 Å². The third-order valence-electron chi connectivity index (χ3n) is 4.17. The van der Waals surface area contributed by atoms with E-state index < -0.39 is 5.54 Å². The van der Waals surface area contributed by atoms with Crippen LogP contribution in [0.2, 0.25) is 0 Å². The zero-order valence-corrected chi connectivity index (χ0v) is 14.2. The molecule has 2 N–H and O–H groups in total. The van der Waals surface area contributed by atoms with Gasteiger partial charge in [-0.05, 0) is 31.9 Å². The molecular formula is C16H20N2O2S2. The largest absolute Gasteiger partial charge is 0.394 e. The number of aliphatic hydroxyl groups excluding tert-OH is 1. The summed E-state index contributed by atoms with van der Waals surface area (Å²) in [5, 5.41) is 12.4. The second kappa shape index (κ2) is 6.56. The van der Waals surface area contributed by atoms with Gasteiger partial charge in [-0.25, -0.2) is 4.98 Å². The highest BCUT2D eigenvalue weighted by Crippen LogP contribution is 2.33. The standard InChI is InChI=1S/C16H20N2O2S2/c1-11(14(20)18-16(10-19)8-4-5-9-16)21-15-17-12-6-2-3-7-13(12)22-15/h2-3,6-7,11,19H,4-5,8-10H2,1H3,(H,18,20). The van der Waals surface area contributed by atoms with Gasteiger partial charge in [0.2, 0.25) is 5.91 Å². The maximum Gasteiger partial charge on any atom is 0.233 e. The Morgan fingerprint density at radius 3 is 2.86 bits per heavy atom. The molecule has 1 amide bonds. The maximum absolute atomic E-state index is 12.4. The van der Waals surface area contributed by atoms with Crippen molar-refractivity contribution in [1.29, 1.82) is 0 Å². The molecule has 1 saturated carbocycles. The number of nitrogens with one attached hydrogen (secondary N) is 1. The molecule has 0 spiro atoms. The first-order chi connectivity index (χ1) is 10.6. The van der Waals surface area contributed by atoms with Crippen molar-refractivity contribution in [2.45, 2.75) is 47.7 Å². The third-order valence-corrected chi connectivity index (χ3v) is 6.40. The highest BCUT2D eigenvalue weighted by Gasteiger charge is 2.35. The molecule has 0 aliphatic heterocycles. The van der Waals surface area contributed by atoms with E-state index in [1.165, 1.54) is 11.8 Å². The van der Waals surface area contributed by atoms with Crippen LogP contribution in [0.4, 0.5) is 0 Å². The lowest BCUT2D eigenvalue weighted by Gasteiger charge is -2.29. The molecule has 1 aliphatic rings. The van der Waals surface area contributed by atoms with Crippen molar-refractivity contribution in [3.05, 3.63) is 24.3 Å². The van der Waals surface area contributed by atoms with Crippen molar-refractivity contribution < 1.29 is 9.90 Å². The van der Waals surface area contributed by atoms with E-state index >= 15 is 0 Å². The van der Waals surface area contributed by atoms with Crippen molar-refractivity contribution in [3.63, 3.8) is 0 Å². The second-order valence-electron chi connectivity index (χ2n) is 5.84. The number of carbonyl (C=O) groups is 1. The number of thioether (sulfide) groups is 1. The molecule has 1 aromatic heterocycles. The second-order valence-corrected chi connectivity index (χ2v) is 8.46. The van der Waals surface area contributed by atoms with Crippen LogP contribution in [0.15, 0.2) is 28.6 Å². The first kappa shape index (κ1) is 15.8. The van der Waals surface area contributed by atoms with Gasteiger partial charge in [0.15, 0.2) is 4.34 Å². The van der Waals surface area contributed by atoms with Gasteiger partial charge in [0.25, 0.3) is 0 Å². The number of thiazole rings is 1. The molecule has 118 valence electrons. The van der Waals surface area contributed by atoms with Gasteiger partial charge < -0.3 is 10.4 Å². The van der Waals surface area contributed by atoms with Gasteiger partial charge in [-0.1, -0.05) is 36.7 Å². The van der Waals surface area contributed by atoms with Crippen LogP contribution in [0.3, 0.4) is 0 Å².